The van der Waals surface area contributed by atoms with Gasteiger partial charge in [0, 0.05) is 12.3 Å². The van der Waals surface area contributed by atoms with Crippen LogP contribution in [0, 0.1) is 0 Å². The summed E-state index contributed by atoms with van der Waals surface area (Å²) in [6.45, 7) is 4.01. The van der Waals surface area contributed by atoms with E-state index in [0.29, 0.717) is 6.42 Å². The third-order valence-electron chi connectivity index (χ3n) is 5.13. The highest BCUT2D eigenvalue weighted by molar-refractivity contribution is 5.90. The van der Waals surface area contributed by atoms with Crippen molar-refractivity contribution < 1.29 is 19.1 Å². The second-order valence-electron chi connectivity index (χ2n) is 6.67. The van der Waals surface area contributed by atoms with Crippen molar-refractivity contribution in [2.24, 2.45) is 0 Å². The van der Waals surface area contributed by atoms with Crippen LogP contribution in [0.1, 0.15) is 43.4 Å². The van der Waals surface area contributed by atoms with E-state index in [-0.39, 0.29) is 30.4 Å². The van der Waals surface area contributed by atoms with Crippen LogP contribution in [0.15, 0.2) is 54.6 Å². The first-order valence-electron chi connectivity index (χ1n) is 9.23. The number of methoxy groups -OCH3 is 1. The molecule has 0 radical (unpaired) electrons. The summed E-state index contributed by atoms with van der Waals surface area (Å²) in [5.41, 5.74) is 1.93. The van der Waals surface area contributed by atoms with E-state index >= 15 is 0 Å². The van der Waals surface area contributed by atoms with Crippen molar-refractivity contribution in [1.82, 2.24) is 4.90 Å². The number of likely N-dealkylation sites (tertiary alicyclic amines) is 1. The fraction of sp³-hybridized carbons (Fsp3) is 0.364. The minimum absolute atomic E-state index is 0.0368. The number of hydrogen-bond acceptors (Lipinski definition) is 4. The lowest BCUT2D eigenvalue weighted by atomic mass is 9.91. The molecule has 2 aromatic rings. The van der Waals surface area contributed by atoms with Gasteiger partial charge < -0.3 is 14.4 Å². The standard InChI is InChI=1S/C22H25NO4/c1-4-27-22(25)21-19(17-8-6-5-7-9-17)14-20(24)23(21)15(2)16-10-12-18(26-3)13-11-16/h5-13,15,19,21H,4,14H2,1-3H3/t15-,19-,21-/m0/s1. The summed E-state index contributed by atoms with van der Waals surface area (Å²) < 4.78 is 10.5. The molecule has 3 atom stereocenters. The summed E-state index contributed by atoms with van der Waals surface area (Å²) >= 11 is 0. The van der Waals surface area contributed by atoms with Crippen LogP contribution in [-0.4, -0.2) is 36.5 Å². The maximum Gasteiger partial charge on any atom is 0.329 e. The Balaban J connectivity index is 1.95. The Labute approximate surface area is 159 Å². The number of nitrogens with zero attached hydrogens (tertiary/aromatic N) is 1. The third-order valence-corrected chi connectivity index (χ3v) is 5.13. The van der Waals surface area contributed by atoms with Gasteiger partial charge in [-0.15, -0.1) is 0 Å². The molecule has 1 saturated heterocycles. The molecule has 0 saturated carbocycles. The Morgan fingerprint density at radius 2 is 1.81 bits per heavy atom. The number of carbonyl (C=O) groups is 2. The number of esters is 1. The van der Waals surface area contributed by atoms with E-state index in [4.69, 9.17) is 9.47 Å². The van der Waals surface area contributed by atoms with Crippen LogP contribution in [0.5, 0.6) is 5.75 Å². The van der Waals surface area contributed by atoms with Crippen LogP contribution in [0.2, 0.25) is 0 Å². The molecule has 5 nitrogen and oxygen atoms in total. The van der Waals surface area contributed by atoms with Crippen LogP contribution in [0.4, 0.5) is 0 Å². The largest absolute Gasteiger partial charge is 0.497 e. The summed E-state index contributed by atoms with van der Waals surface area (Å²) in [6.07, 6.45) is 0.300. The van der Waals surface area contributed by atoms with Gasteiger partial charge in [-0.1, -0.05) is 42.5 Å². The molecule has 1 aliphatic heterocycles. The van der Waals surface area contributed by atoms with E-state index in [1.54, 1.807) is 18.9 Å². The molecule has 1 aliphatic rings. The Hall–Kier alpha value is -2.82. The molecule has 0 bridgehead atoms. The number of amides is 1. The molecule has 5 heteroatoms. The van der Waals surface area contributed by atoms with E-state index in [9.17, 15) is 9.59 Å². The average Bonchev–Trinajstić information content (AvgIpc) is 3.05. The zero-order chi connectivity index (χ0) is 19.4. The molecule has 1 heterocycles. The molecule has 0 aliphatic carbocycles. The predicted molar refractivity (Wildman–Crippen MR) is 102 cm³/mol. The maximum atomic E-state index is 12.9. The smallest absolute Gasteiger partial charge is 0.329 e. The van der Waals surface area contributed by atoms with Gasteiger partial charge in [-0.3, -0.25) is 4.79 Å². The molecule has 3 rings (SSSR count). The number of carbonyl (C=O) groups excluding carboxylic acids is 2. The first kappa shape index (κ1) is 19.0. The second kappa shape index (κ2) is 8.25. The van der Waals surface area contributed by atoms with E-state index in [2.05, 4.69) is 0 Å². The number of hydrogen-bond donors (Lipinski definition) is 0. The van der Waals surface area contributed by atoms with E-state index in [1.165, 1.54) is 0 Å². The highest BCUT2D eigenvalue weighted by Gasteiger charge is 2.47. The quantitative estimate of drug-likeness (QED) is 0.731. The van der Waals surface area contributed by atoms with Gasteiger partial charge >= 0.3 is 5.97 Å². The Morgan fingerprint density at radius 3 is 2.41 bits per heavy atom. The van der Waals surface area contributed by atoms with Gasteiger partial charge in [-0.05, 0) is 37.1 Å². The summed E-state index contributed by atoms with van der Waals surface area (Å²) in [7, 11) is 1.61. The lowest BCUT2D eigenvalue weighted by Crippen LogP contribution is -2.43. The monoisotopic (exact) mass is 367 g/mol. The summed E-state index contributed by atoms with van der Waals surface area (Å²) in [6, 6.07) is 16.4. The van der Waals surface area contributed by atoms with Gasteiger partial charge in [-0.2, -0.15) is 0 Å². The molecular weight excluding hydrogens is 342 g/mol. The zero-order valence-electron chi connectivity index (χ0n) is 15.9. The molecule has 2 aromatic carbocycles. The predicted octanol–water partition coefficient (Wildman–Crippen LogP) is 3.70. The molecule has 0 N–H and O–H groups in total. The van der Waals surface area contributed by atoms with Crippen molar-refractivity contribution in [3.05, 3.63) is 65.7 Å². The Morgan fingerprint density at radius 1 is 1.15 bits per heavy atom. The number of ether oxygens (including phenoxy) is 2. The highest BCUT2D eigenvalue weighted by atomic mass is 16.5. The SMILES string of the molecule is CCOC(=O)[C@@H]1[C@H](c2ccccc2)CC(=O)N1[C@@H](C)c1ccc(OC)cc1. The zero-order valence-corrected chi connectivity index (χ0v) is 15.9. The summed E-state index contributed by atoms with van der Waals surface area (Å²) in [5.74, 6) is 0.157. The minimum atomic E-state index is -0.628. The van der Waals surface area contributed by atoms with Gasteiger partial charge in [-0.25, -0.2) is 4.79 Å². The van der Waals surface area contributed by atoms with Crippen molar-refractivity contribution in [3.63, 3.8) is 0 Å². The Kier molecular flexibility index (Phi) is 5.79. The van der Waals surface area contributed by atoms with Crippen LogP contribution in [0.3, 0.4) is 0 Å². The lowest BCUT2D eigenvalue weighted by Gasteiger charge is -2.32. The van der Waals surface area contributed by atoms with Gasteiger partial charge in [0.15, 0.2) is 0 Å². The van der Waals surface area contributed by atoms with Gasteiger partial charge in [0.1, 0.15) is 11.8 Å². The molecule has 0 spiro atoms. The normalized spacial score (nSPS) is 20.4. The van der Waals surface area contributed by atoms with E-state index in [1.807, 2.05) is 61.5 Å². The molecular formula is C22H25NO4. The Bertz CT molecular complexity index is 788. The molecule has 1 fully saturated rings. The van der Waals surface area contributed by atoms with Crippen LogP contribution in [-0.2, 0) is 14.3 Å². The van der Waals surface area contributed by atoms with Gasteiger partial charge in [0.25, 0.3) is 0 Å². The summed E-state index contributed by atoms with van der Waals surface area (Å²) in [4.78, 5) is 27.4. The van der Waals surface area contributed by atoms with Crippen LogP contribution >= 0.6 is 0 Å². The van der Waals surface area contributed by atoms with Crippen LogP contribution in [0.25, 0.3) is 0 Å². The highest BCUT2D eigenvalue weighted by Crippen LogP contribution is 2.40. The minimum Gasteiger partial charge on any atom is -0.497 e. The van der Waals surface area contributed by atoms with Crippen molar-refractivity contribution >= 4 is 11.9 Å². The average molecular weight is 367 g/mol. The van der Waals surface area contributed by atoms with Crippen molar-refractivity contribution in [2.45, 2.75) is 38.3 Å². The van der Waals surface area contributed by atoms with Crippen LogP contribution < -0.4 is 4.74 Å². The van der Waals surface area contributed by atoms with Gasteiger partial charge in [0.05, 0.1) is 19.8 Å². The van der Waals surface area contributed by atoms with Crippen molar-refractivity contribution in [2.75, 3.05) is 13.7 Å². The van der Waals surface area contributed by atoms with Gasteiger partial charge in [0.2, 0.25) is 5.91 Å². The number of benzene rings is 2. The molecule has 142 valence electrons. The second-order valence-corrected chi connectivity index (χ2v) is 6.67. The first-order valence-corrected chi connectivity index (χ1v) is 9.23. The molecule has 0 aromatic heterocycles. The molecule has 0 unspecified atom stereocenters. The number of rotatable bonds is 6. The third kappa shape index (κ3) is 3.82. The van der Waals surface area contributed by atoms with Crippen molar-refractivity contribution in [3.8, 4) is 5.75 Å². The molecule has 1 amide bonds. The van der Waals surface area contributed by atoms with E-state index < -0.39 is 6.04 Å². The topological polar surface area (TPSA) is 55.8 Å². The fourth-order valence-electron chi connectivity index (χ4n) is 3.76. The summed E-state index contributed by atoms with van der Waals surface area (Å²) in [5, 5.41) is 0. The van der Waals surface area contributed by atoms with Crippen molar-refractivity contribution in [1.29, 1.82) is 0 Å². The molecule has 27 heavy (non-hydrogen) atoms. The van der Waals surface area contributed by atoms with E-state index in [0.717, 1.165) is 16.9 Å². The lowest BCUT2D eigenvalue weighted by molar-refractivity contribution is -0.153. The first-order chi connectivity index (χ1) is 13.1. The maximum absolute atomic E-state index is 12.9. The fourth-order valence-corrected chi connectivity index (χ4v) is 3.76.